The van der Waals surface area contributed by atoms with Crippen LogP contribution in [0.5, 0.6) is 0 Å². The molecule has 0 spiro atoms. The van der Waals surface area contributed by atoms with Crippen LogP contribution in [0.3, 0.4) is 0 Å². The molecule has 1 saturated carbocycles. The van der Waals surface area contributed by atoms with Crippen molar-refractivity contribution in [2.75, 3.05) is 26.2 Å². The first kappa shape index (κ1) is 15.0. The molecule has 1 fully saturated rings. The maximum absolute atomic E-state index is 5.68. The molecule has 1 rings (SSSR count). The van der Waals surface area contributed by atoms with Gasteiger partial charge in [0.15, 0.2) is 0 Å². The van der Waals surface area contributed by atoms with Crippen molar-refractivity contribution in [1.82, 2.24) is 4.90 Å². The Kier molecular flexibility index (Phi) is 7.87. The molecule has 1 aliphatic carbocycles. The van der Waals surface area contributed by atoms with E-state index >= 15 is 0 Å². The summed E-state index contributed by atoms with van der Waals surface area (Å²) in [4.78, 5) is 2.64. The van der Waals surface area contributed by atoms with E-state index in [1.165, 1.54) is 64.6 Å². The van der Waals surface area contributed by atoms with Crippen molar-refractivity contribution in [3.05, 3.63) is 0 Å². The van der Waals surface area contributed by atoms with Gasteiger partial charge in [0.25, 0.3) is 0 Å². The molecule has 0 heterocycles. The van der Waals surface area contributed by atoms with Crippen LogP contribution in [-0.4, -0.2) is 31.1 Å². The molecule has 1 unspecified atom stereocenters. The zero-order valence-electron chi connectivity index (χ0n) is 12.0. The Morgan fingerprint density at radius 2 is 1.94 bits per heavy atom. The van der Waals surface area contributed by atoms with Gasteiger partial charge in [-0.1, -0.05) is 26.7 Å². The summed E-state index contributed by atoms with van der Waals surface area (Å²) in [6, 6.07) is 0. The van der Waals surface area contributed by atoms with Crippen LogP contribution in [0.15, 0.2) is 0 Å². The second-order valence-electron chi connectivity index (χ2n) is 5.71. The van der Waals surface area contributed by atoms with Crippen LogP contribution in [0.2, 0.25) is 0 Å². The summed E-state index contributed by atoms with van der Waals surface area (Å²) < 4.78 is 0. The average Bonchev–Trinajstić information content (AvgIpc) is 3.12. The monoisotopic (exact) mass is 240 g/mol. The van der Waals surface area contributed by atoms with Gasteiger partial charge in [0, 0.05) is 6.54 Å². The van der Waals surface area contributed by atoms with Crippen molar-refractivity contribution in [3.63, 3.8) is 0 Å². The number of nitrogens with zero attached hydrogens (tertiary/aromatic N) is 1. The first-order valence-corrected chi connectivity index (χ1v) is 7.72. The number of rotatable bonds is 11. The second-order valence-corrected chi connectivity index (χ2v) is 5.71. The third-order valence-corrected chi connectivity index (χ3v) is 4.02. The van der Waals surface area contributed by atoms with Crippen LogP contribution >= 0.6 is 0 Å². The van der Waals surface area contributed by atoms with Crippen LogP contribution in [0.1, 0.15) is 58.8 Å². The van der Waals surface area contributed by atoms with E-state index in [1.807, 2.05) is 0 Å². The number of nitrogens with two attached hydrogens (primary N) is 1. The van der Waals surface area contributed by atoms with Gasteiger partial charge < -0.3 is 10.6 Å². The van der Waals surface area contributed by atoms with Crippen LogP contribution in [0, 0.1) is 11.8 Å². The molecule has 0 aromatic rings. The summed E-state index contributed by atoms with van der Waals surface area (Å²) in [5.74, 6) is 1.91. The fraction of sp³-hybridized carbons (Fsp3) is 1.00. The van der Waals surface area contributed by atoms with E-state index in [0.29, 0.717) is 0 Å². The highest BCUT2D eigenvalue weighted by Crippen LogP contribution is 2.29. The third-order valence-electron chi connectivity index (χ3n) is 4.02. The van der Waals surface area contributed by atoms with E-state index in [2.05, 4.69) is 18.7 Å². The average molecular weight is 240 g/mol. The molecular weight excluding hydrogens is 208 g/mol. The summed E-state index contributed by atoms with van der Waals surface area (Å²) in [5, 5.41) is 0. The molecule has 0 amide bonds. The molecule has 0 bridgehead atoms. The lowest BCUT2D eigenvalue weighted by Crippen LogP contribution is -2.27. The zero-order valence-corrected chi connectivity index (χ0v) is 12.0. The van der Waals surface area contributed by atoms with Gasteiger partial charge >= 0.3 is 0 Å². The molecule has 1 atom stereocenters. The predicted octanol–water partition coefficient (Wildman–Crippen LogP) is 3.26. The van der Waals surface area contributed by atoms with E-state index in [4.69, 9.17) is 5.73 Å². The molecule has 2 nitrogen and oxygen atoms in total. The molecule has 1 aliphatic rings. The molecule has 102 valence electrons. The Labute approximate surface area is 108 Å². The SMILES string of the molecule is CCCC(CCN)CCCN(CC)CC1CC1. The van der Waals surface area contributed by atoms with Gasteiger partial charge in [-0.3, -0.25) is 0 Å². The molecule has 0 saturated heterocycles. The Hall–Kier alpha value is -0.0800. The van der Waals surface area contributed by atoms with Gasteiger partial charge in [-0.05, 0) is 63.6 Å². The smallest absolute Gasteiger partial charge is 0.000954 e. The first-order chi connectivity index (χ1) is 8.30. The van der Waals surface area contributed by atoms with Gasteiger partial charge in [-0.2, -0.15) is 0 Å². The predicted molar refractivity (Wildman–Crippen MR) is 76.1 cm³/mol. The normalized spacial score (nSPS) is 17.6. The molecule has 17 heavy (non-hydrogen) atoms. The summed E-state index contributed by atoms with van der Waals surface area (Å²) in [6.45, 7) is 9.33. The quantitative estimate of drug-likeness (QED) is 0.600. The van der Waals surface area contributed by atoms with Gasteiger partial charge in [0.05, 0.1) is 0 Å². The molecular formula is C15H32N2. The minimum atomic E-state index is 0.865. The van der Waals surface area contributed by atoms with E-state index in [0.717, 1.165) is 18.4 Å². The lowest BCUT2D eigenvalue weighted by molar-refractivity contribution is 0.259. The van der Waals surface area contributed by atoms with Crippen molar-refractivity contribution in [3.8, 4) is 0 Å². The minimum absolute atomic E-state index is 0.865. The van der Waals surface area contributed by atoms with E-state index in [-0.39, 0.29) is 0 Å². The van der Waals surface area contributed by atoms with Crippen LogP contribution in [0.4, 0.5) is 0 Å². The van der Waals surface area contributed by atoms with Crippen LogP contribution in [0.25, 0.3) is 0 Å². The lowest BCUT2D eigenvalue weighted by Gasteiger charge is -2.22. The fourth-order valence-corrected chi connectivity index (χ4v) is 2.72. The van der Waals surface area contributed by atoms with Gasteiger partial charge in [0.2, 0.25) is 0 Å². The van der Waals surface area contributed by atoms with E-state index in [9.17, 15) is 0 Å². The molecule has 0 aromatic heterocycles. The number of hydrogen-bond donors (Lipinski definition) is 1. The molecule has 2 heteroatoms. The summed E-state index contributed by atoms with van der Waals surface area (Å²) in [5.41, 5.74) is 5.68. The van der Waals surface area contributed by atoms with Crippen LogP contribution in [-0.2, 0) is 0 Å². The fourth-order valence-electron chi connectivity index (χ4n) is 2.72. The highest BCUT2D eigenvalue weighted by Gasteiger charge is 2.23. The molecule has 0 radical (unpaired) electrons. The highest BCUT2D eigenvalue weighted by atomic mass is 15.1. The standard InChI is InChI=1S/C15H32N2/c1-3-6-14(10-11-16)7-5-12-17(4-2)13-15-8-9-15/h14-15H,3-13,16H2,1-2H3. The summed E-state index contributed by atoms with van der Waals surface area (Å²) >= 11 is 0. The Balaban J connectivity index is 2.09. The zero-order chi connectivity index (χ0) is 12.5. The third kappa shape index (κ3) is 7.05. The van der Waals surface area contributed by atoms with Crippen molar-refractivity contribution in [2.24, 2.45) is 17.6 Å². The van der Waals surface area contributed by atoms with Crippen molar-refractivity contribution >= 4 is 0 Å². The maximum Gasteiger partial charge on any atom is 0.000954 e. The van der Waals surface area contributed by atoms with Gasteiger partial charge in [0.1, 0.15) is 0 Å². The lowest BCUT2D eigenvalue weighted by atomic mass is 9.94. The van der Waals surface area contributed by atoms with Gasteiger partial charge in [-0.25, -0.2) is 0 Å². The van der Waals surface area contributed by atoms with E-state index < -0.39 is 0 Å². The molecule has 0 aromatic carbocycles. The Morgan fingerprint density at radius 3 is 2.47 bits per heavy atom. The van der Waals surface area contributed by atoms with Crippen molar-refractivity contribution in [1.29, 1.82) is 0 Å². The molecule has 0 aliphatic heterocycles. The van der Waals surface area contributed by atoms with Gasteiger partial charge in [-0.15, -0.1) is 0 Å². The summed E-state index contributed by atoms with van der Waals surface area (Å²) in [6.07, 6.45) is 9.60. The maximum atomic E-state index is 5.68. The number of hydrogen-bond acceptors (Lipinski definition) is 2. The van der Waals surface area contributed by atoms with Crippen LogP contribution < -0.4 is 5.73 Å². The van der Waals surface area contributed by atoms with Crippen molar-refractivity contribution < 1.29 is 0 Å². The van der Waals surface area contributed by atoms with E-state index in [1.54, 1.807) is 0 Å². The topological polar surface area (TPSA) is 29.3 Å². The molecule has 2 N–H and O–H groups in total. The Bertz CT molecular complexity index is 170. The van der Waals surface area contributed by atoms with Crippen molar-refractivity contribution in [2.45, 2.75) is 58.8 Å². The first-order valence-electron chi connectivity index (χ1n) is 7.72. The summed E-state index contributed by atoms with van der Waals surface area (Å²) in [7, 11) is 0. The largest absolute Gasteiger partial charge is 0.330 e. The minimum Gasteiger partial charge on any atom is -0.330 e. The second kappa shape index (κ2) is 8.93. The highest BCUT2D eigenvalue weighted by molar-refractivity contribution is 4.77. The Morgan fingerprint density at radius 1 is 1.18 bits per heavy atom.